The Morgan fingerprint density at radius 2 is 1.65 bits per heavy atom. The van der Waals surface area contributed by atoms with E-state index in [1.54, 1.807) is 36.4 Å². The van der Waals surface area contributed by atoms with Gasteiger partial charge in [0.2, 0.25) is 11.8 Å². The summed E-state index contributed by atoms with van der Waals surface area (Å²) in [5.74, 6) is 0.253. The predicted octanol–water partition coefficient (Wildman–Crippen LogP) is 4.66. The van der Waals surface area contributed by atoms with Crippen LogP contribution in [0.2, 0.25) is 10.0 Å². The first kappa shape index (κ1) is 21.7. The second-order valence-electron chi connectivity index (χ2n) is 9.43. The van der Waals surface area contributed by atoms with Gasteiger partial charge >= 0.3 is 0 Å². The average Bonchev–Trinajstić information content (AvgIpc) is 3.64. The summed E-state index contributed by atoms with van der Waals surface area (Å²) in [6, 6.07) is 11.6. The van der Waals surface area contributed by atoms with Crippen molar-refractivity contribution in [1.82, 2.24) is 4.90 Å². The number of hydrogen-bond acceptors (Lipinski definition) is 4. The van der Waals surface area contributed by atoms with Gasteiger partial charge in [-0.05, 0) is 60.4 Å². The lowest BCUT2D eigenvalue weighted by Crippen LogP contribution is -2.45. The van der Waals surface area contributed by atoms with Crippen molar-refractivity contribution in [2.75, 3.05) is 18.7 Å². The highest BCUT2D eigenvalue weighted by Crippen LogP contribution is 2.65. The van der Waals surface area contributed by atoms with Crippen molar-refractivity contribution in [3.8, 4) is 5.75 Å². The molecule has 2 aromatic rings. The van der Waals surface area contributed by atoms with E-state index in [4.69, 9.17) is 27.9 Å². The first-order valence-electron chi connectivity index (χ1n) is 11.3. The standard InChI is InChI=1S/C26H22Cl2N2O4/c1-34-21-5-3-2-4-20(21)29(24(31)13-6-9-18(27)19(28)10-13)12-30-25(32)22-14-7-8-15(17-11-16(14)17)23(22)26(30)33/h2-10,14-17,22-23H,11-12H2,1H3/t14-,15-,16-,17-,22+,23+/m1/s1. The van der Waals surface area contributed by atoms with E-state index in [1.807, 2.05) is 0 Å². The third kappa shape index (κ3) is 3.12. The molecule has 8 heteroatoms. The molecule has 2 bridgehead atoms. The van der Waals surface area contributed by atoms with Gasteiger partial charge in [0, 0.05) is 5.56 Å². The number of imide groups is 1. The molecule has 2 saturated carbocycles. The third-order valence-corrected chi connectivity index (χ3v) is 8.56. The number of hydrogen-bond donors (Lipinski definition) is 0. The summed E-state index contributed by atoms with van der Waals surface area (Å²) in [6.45, 7) is -0.196. The van der Waals surface area contributed by atoms with Crippen LogP contribution in [-0.2, 0) is 9.59 Å². The first-order chi connectivity index (χ1) is 16.4. The number of anilines is 1. The fourth-order valence-corrected chi connectivity index (χ4v) is 6.49. The van der Waals surface area contributed by atoms with Crippen molar-refractivity contribution in [1.29, 1.82) is 0 Å². The Balaban J connectivity index is 1.37. The molecule has 6 atom stereocenters. The molecule has 0 unspecified atom stereocenters. The van der Waals surface area contributed by atoms with Crippen LogP contribution in [0.15, 0.2) is 54.6 Å². The lowest BCUT2D eigenvalue weighted by atomic mass is 9.63. The van der Waals surface area contributed by atoms with Crippen LogP contribution in [0, 0.1) is 35.5 Å². The maximum absolute atomic E-state index is 13.7. The highest BCUT2D eigenvalue weighted by atomic mass is 35.5. The highest BCUT2D eigenvalue weighted by Gasteiger charge is 2.67. The molecule has 0 N–H and O–H groups in total. The van der Waals surface area contributed by atoms with Crippen LogP contribution in [0.4, 0.5) is 5.69 Å². The van der Waals surface area contributed by atoms with Crippen molar-refractivity contribution < 1.29 is 19.1 Å². The summed E-state index contributed by atoms with van der Waals surface area (Å²) in [6.07, 6.45) is 5.36. The van der Waals surface area contributed by atoms with Gasteiger partial charge < -0.3 is 4.74 Å². The number of benzene rings is 2. The van der Waals surface area contributed by atoms with Gasteiger partial charge in [-0.25, -0.2) is 0 Å². The zero-order chi connectivity index (χ0) is 23.7. The van der Waals surface area contributed by atoms with Gasteiger partial charge in [0.25, 0.3) is 5.91 Å². The molecule has 1 aliphatic heterocycles. The zero-order valence-electron chi connectivity index (χ0n) is 18.4. The number of amides is 3. The maximum Gasteiger partial charge on any atom is 0.259 e. The van der Waals surface area contributed by atoms with E-state index in [0.717, 1.165) is 6.42 Å². The number of methoxy groups -OCH3 is 1. The first-order valence-corrected chi connectivity index (χ1v) is 12.1. The summed E-state index contributed by atoms with van der Waals surface area (Å²) in [5, 5.41) is 0.575. The summed E-state index contributed by atoms with van der Waals surface area (Å²) in [7, 11) is 1.51. The zero-order valence-corrected chi connectivity index (χ0v) is 19.9. The summed E-state index contributed by atoms with van der Waals surface area (Å²) in [5.41, 5.74) is 0.750. The molecule has 1 saturated heterocycles. The number of halogens is 2. The Morgan fingerprint density at radius 1 is 1.00 bits per heavy atom. The summed E-state index contributed by atoms with van der Waals surface area (Å²) < 4.78 is 5.49. The highest BCUT2D eigenvalue weighted by molar-refractivity contribution is 6.42. The fourth-order valence-electron chi connectivity index (χ4n) is 6.19. The van der Waals surface area contributed by atoms with E-state index < -0.39 is 5.91 Å². The van der Waals surface area contributed by atoms with E-state index in [-0.39, 0.29) is 47.2 Å². The summed E-state index contributed by atoms with van der Waals surface area (Å²) >= 11 is 12.2. The van der Waals surface area contributed by atoms with Gasteiger partial charge in [-0.3, -0.25) is 24.2 Å². The molecule has 0 aromatic heterocycles. The molecule has 4 aliphatic carbocycles. The minimum absolute atomic E-state index is 0.118. The summed E-state index contributed by atoms with van der Waals surface area (Å²) in [4.78, 5) is 43.5. The second-order valence-corrected chi connectivity index (χ2v) is 10.2. The number of allylic oxidation sites excluding steroid dienone is 2. The molecule has 7 rings (SSSR count). The molecule has 0 spiro atoms. The van der Waals surface area contributed by atoms with Crippen LogP contribution in [-0.4, -0.2) is 36.4 Å². The molecule has 1 heterocycles. The number of carbonyl (C=O) groups is 3. The van der Waals surface area contributed by atoms with E-state index in [9.17, 15) is 14.4 Å². The number of ether oxygens (including phenoxy) is 1. The molecular weight excluding hydrogens is 475 g/mol. The van der Waals surface area contributed by atoms with E-state index >= 15 is 0 Å². The molecule has 34 heavy (non-hydrogen) atoms. The van der Waals surface area contributed by atoms with E-state index in [0.29, 0.717) is 33.9 Å². The minimum Gasteiger partial charge on any atom is -0.495 e. The number of carbonyl (C=O) groups excluding carboxylic acids is 3. The molecule has 6 nitrogen and oxygen atoms in total. The molecule has 0 radical (unpaired) electrons. The quantitative estimate of drug-likeness (QED) is 0.445. The van der Waals surface area contributed by atoms with Crippen molar-refractivity contribution in [2.45, 2.75) is 6.42 Å². The molecular formula is C26H22Cl2N2O4. The van der Waals surface area contributed by atoms with Crippen molar-refractivity contribution >= 4 is 46.6 Å². The SMILES string of the molecule is COc1ccccc1N(CN1C(=O)[C@H]2[C@@H]3C=C[C@H]([C@H]4C[C@H]34)[C@@H]2C1=O)C(=O)c1ccc(Cl)c(Cl)c1. The van der Waals surface area contributed by atoms with Gasteiger partial charge in [-0.1, -0.05) is 47.5 Å². The monoisotopic (exact) mass is 496 g/mol. The van der Waals surface area contributed by atoms with Crippen LogP contribution >= 0.6 is 23.2 Å². The van der Waals surface area contributed by atoms with Gasteiger partial charge in [-0.15, -0.1) is 0 Å². The Bertz CT molecular complexity index is 1230. The molecule has 5 aliphatic rings. The Morgan fingerprint density at radius 3 is 2.26 bits per heavy atom. The smallest absolute Gasteiger partial charge is 0.259 e. The Labute approximate surface area is 207 Å². The molecule has 3 fully saturated rings. The van der Waals surface area contributed by atoms with Crippen LogP contribution in [0.3, 0.4) is 0 Å². The number of para-hydroxylation sites is 2. The predicted molar refractivity (Wildman–Crippen MR) is 128 cm³/mol. The van der Waals surface area contributed by atoms with Crippen molar-refractivity contribution in [2.24, 2.45) is 35.5 Å². The third-order valence-electron chi connectivity index (χ3n) is 7.82. The van der Waals surface area contributed by atoms with E-state index in [2.05, 4.69) is 12.2 Å². The Kier molecular flexibility index (Phi) is 5.01. The van der Waals surface area contributed by atoms with Crippen LogP contribution in [0.5, 0.6) is 5.75 Å². The maximum atomic E-state index is 13.7. The van der Waals surface area contributed by atoms with Gasteiger partial charge in [-0.2, -0.15) is 0 Å². The van der Waals surface area contributed by atoms with Crippen LogP contribution in [0.25, 0.3) is 0 Å². The molecule has 2 aromatic carbocycles. The largest absolute Gasteiger partial charge is 0.495 e. The van der Waals surface area contributed by atoms with Crippen LogP contribution in [0.1, 0.15) is 16.8 Å². The van der Waals surface area contributed by atoms with Crippen molar-refractivity contribution in [3.05, 3.63) is 70.2 Å². The lowest BCUT2D eigenvalue weighted by Gasteiger charge is -2.37. The van der Waals surface area contributed by atoms with E-state index in [1.165, 1.54) is 23.0 Å². The average molecular weight is 497 g/mol. The Hall–Kier alpha value is -2.83. The minimum atomic E-state index is -0.414. The molecule has 3 amide bonds. The fraction of sp³-hybridized carbons (Fsp3) is 0.346. The lowest BCUT2D eigenvalue weighted by molar-refractivity contribution is -0.140. The number of likely N-dealkylation sites (tertiary alicyclic amines) is 1. The second kappa shape index (κ2) is 7.85. The van der Waals surface area contributed by atoms with Gasteiger partial charge in [0.05, 0.1) is 34.7 Å². The normalized spacial score (nSPS) is 30.3. The van der Waals surface area contributed by atoms with Crippen molar-refractivity contribution in [3.63, 3.8) is 0 Å². The van der Waals surface area contributed by atoms with Crippen LogP contribution < -0.4 is 9.64 Å². The van der Waals surface area contributed by atoms with Gasteiger partial charge in [0.15, 0.2) is 0 Å². The number of nitrogens with zero attached hydrogens (tertiary/aromatic N) is 2. The number of rotatable bonds is 5. The molecule has 174 valence electrons. The van der Waals surface area contributed by atoms with Gasteiger partial charge in [0.1, 0.15) is 12.4 Å². The topological polar surface area (TPSA) is 66.9 Å².